The zero-order valence-electron chi connectivity index (χ0n) is 15.2. The number of piperidine rings is 1. The van der Waals surface area contributed by atoms with E-state index >= 15 is 0 Å². The molecule has 2 atom stereocenters. The molecule has 2 aromatic rings. The maximum atomic E-state index is 10.7. The quantitative estimate of drug-likeness (QED) is 0.749. The van der Waals surface area contributed by atoms with Gasteiger partial charge in [0.05, 0.1) is 6.10 Å². The van der Waals surface area contributed by atoms with Gasteiger partial charge in [-0.15, -0.1) is 0 Å². The van der Waals surface area contributed by atoms with Crippen LogP contribution in [-0.2, 0) is 6.42 Å². The molecule has 2 unspecified atom stereocenters. The third kappa shape index (κ3) is 4.93. The van der Waals surface area contributed by atoms with Crippen LogP contribution in [0.3, 0.4) is 0 Å². The van der Waals surface area contributed by atoms with Gasteiger partial charge >= 0.3 is 0 Å². The van der Waals surface area contributed by atoms with Crippen LogP contribution in [-0.4, -0.2) is 29.1 Å². The molecule has 3 rings (SSSR count). The van der Waals surface area contributed by atoms with E-state index < -0.39 is 6.10 Å². The first kappa shape index (κ1) is 18.6. The molecule has 2 nitrogen and oxygen atoms in total. The average molecular weight is 402 g/mol. The molecule has 134 valence electrons. The number of likely N-dealkylation sites (tertiary alicyclic amines) is 1. The number of hydrogen-bond acceptors (Lipinski definition) is 2. The third-order valence-electron chi connectivity index (χ3n) is 5.51. The molecule has 1 fully saturated rings. The van der Waals surface area contributed by atoms with Crippen LogP contribution < -0.4 is 0 Å². The molecule has 0 spiro atoms. The second kappa shape index (κ2) is 8.48. The minimum Gasteiger partial charge on any atom is -0.387 e. The number of rotatable bonds is 5. The van der Waals surface area contributed by atoms with Crippen molar-refractivity contribution < 1.29 is 5.11 Å². The summed E-state index contributed by atoms with van der Waals surface area (Å²) in [6.07, 6.45) is 3.15. The van der Waals surface area contributed by atoms with E-state index in [1.54, 1.807) is 0 Å². The highest BCUT2D eigenvalue weighted by molar-refractivity contribution is 9.10. The maximum absolute atomic E-state index is 10.7. The third-order valence-corrected chi connectivity index (χ3v) is 6.01. The lowest BCUT2D eigenvalue weighted by atomic mass is 9.89. The Morgan fingerprint density at radius 2 is 1.80 bits per heavy atom. The van der Waals surface area contributed by atoms with Gasteiger partial charge in [0, 0.05) is 10.5 Å². The first-order valence-corrected chi connectivity index (χ1v) is 10.1. The lowest BCUT2D eigenvalue weighted by Crippen LogP contribution is -2.43. The minimum absolute atomic E-state index is 0.162. The lowest BCUT2D eigenvalue weighted by molar-refractivity contribution is 0.0373. The van der Waals surface area contributed by atoms with E-state index in [0.29, 0.717) is 0 Å². The predicted octanol–water partition coefficient (Wildman–Crippen LogP) is 5.13. The van der Waals surface area contributed by atoms with E-state index in [9.17, 15) is 5.11 Å². The Morgan fingerprint density at radius 3 is 2.44 bits per heavy atom. The normalized spacial score (nSPS) is 18.9. The summed E-state index contributed by atoms with van der Waals surface area (Å²) < 4.78 is 1.16. The molecule has 25 heavy (non-hydrogen) atoms. The number of hydrogen-bond donors (Lipinski definition) is 1. The van der Waals surface area contributed by atoms with Gasteiger partial charge in [-0.2, -0.15) is 0 Å². The summed E-state index contributed by atoms with van der Waals surface area (Å²) in [5.74, 6) is 0.745. The van der Waals surface area contributed by atoms with Crippen molar-refractivity contribution in [3.05, 3.63) is 69.7 Å². The van der Waals surface area contributed by atoms with Gasteiger partial charge in [0.2, 0.25) is 0 Å². The van der Waals surface area contributed by atoms with Crippen LogP contribution in [0.1, 0.15) is 42.6 Å². The Bertz CT molecular complexity index is 677. The van der Waals surface area contributed by atoms with Crippen LogP contribution in [0.5, 0.6) is 0 Å². The number of halogens is 1. The van der Waals surface area contributed by atoms with Crippen molar-refractivity contribution in [2.75, 3.05) is 13.1 Å². The van der Waals surface area contributed by atoms with Gasteiger partial charge in [0.25, 0.3) is 0 Å². The van der Waals surface area contributed by atoms with Crippen LogP contribution >= 0.6 is 15.9 Å². The number of aliphatic hydroxyl groups is 1. The van der Waals surface area contributed by atoms with Gasteiger partial charge in [-0.05, 0) is 75.4 Å². The molecule has 0 radical (unpaired) electrons. The molecule has 0 aromatic heterocycles. The van der Waals surface area contributed by atoms with Gasteiger partial charge in [-0.1, -0.05) is 57.9 Å². The smallest absolute Gasteiger partial charge is 0.0942 e. The molecule has 1 aliphatic heterocycles. The van der Waals surface area contributed by atoms with E-state index in [1.165, 1.54) is 24.0 Å². The summed E-state index contributed by atoms with van der Waals surface area (Å²) in [6.45, 7) is 6.38. The van der Waals surface area contributed by atoms with Gasteiger partial charge in [0.1, 0.15) is 0 Å². The Balaban J connectivity index is 1.53. The Labute approximate surface area is 160 Å². The number of aryl methyl sites for hydroxylation is 1. The first-order valence-electron chi connectivity index (χ1n) is 9.26. The molecular formula is C22H28BrNO. The van der Waals surface area contributed by atoms with Gasteiger partial charge in [0.15, 0.2) is 0 Å². The molecule has 2 aromatic carbocycles. The van der Waals surface area contributed by atoms with E-state index in [1.807, 2.05) is 0 Å². The lowest BCUT2D eigenvalue weighted by Gasteiger charge is -2.38. The largest absolute Gasteiger partial charge is 0.387 e. The molecule has 0 saturated carbocycles. The molecular weight excluding hydrogens is 374 g/mol. The molecule has 0 aliphatic carbocycles. The minimum atomic E-state index is -0.415. The fourth-order valence-electron chi connectivity index (χ4n) is 3.80. The summed E-state index contributed by atoms with van der Waals surface area (Å²) >= 11 is 3.56. The second-order valence-electron chi connectivity index (χ2n) is 7.41. The van der Waals surface area contributed by atoms with Crippen molar-refractivity contribution in [1.29, 1.82) is 0 Å². The summed E-state index contributed by atoms with van der Waals surface area (Å²) in [7, 11) is 0. The van der Waals surface area contributed by atoms with Crippen LogP contribution in [0.4, 0.5) is 0 Å². The molecule has 1 saturated heterocycles. The van der Waals surface area contributed by atoms with Gasteiger partial charge in [-0.25, -0.2) is 0 Å². The van der Waals surface area contributed by atoms with Crippen molar-refractivity contribution in [3.63, 3.8) is 0 Å². The summed E-state index contributed by atoms with van der Waals surface area (Å²) in [5, 5.41) is 10.7. The average Bonchev–Trinajstić information content (AvgIpc) is 2.62. The Hall–Kier alpha value is -1.16. The zero-order valence-corrected chi connectivity index (χ0v) is 16.7. The van der Waals surface area contributed by atoms with E-state index in [0.717, 1.165) is 35.5 Å². The van der Waals surface area contributed by atoms with Crippen molar-refractivity contribution in [1.82, 2.24) is 4.90 Å². The molecule has 1 N–H and O–H groups in total. The van der Waals surface area contributed by atoms with Crippen LogP contribution in [0.2, 0.25) is 0 Å². The second-order valence-corrected chi connectivity index (χ2v) is 8.33. The van der Waals surface area contributed by atoms with Gasteiger partial charge in [-0.3, -0.25) is 4.90 Å². The molecule has 0 amide bonds. The highest BCUT2D eigenvalue weighted by Crippen LogP contribution is 2.28. The first-order chi connectivity index (χ1) is 12.0. The topological polar surface area (TPSA) is 23.5 Å². The molecule has 3 heteroatoms. The Kier molecular flexibility index (Phi) is 6.32. The van der Waals surface area contributed by atoms with Crippen LogP contribution in [0.25, 0.3) is 0 Å². The molecule has 0 bridgehead atoms. The van der Waals surface area contributed by atoms with Crippen LogP contribution in [0.15, 0.2) is 53.0 Å². The van der Waals surface area contributed by atoms with Crippen LogP contribution in [0, 0.1) is 12.8 Å². The van der Waals surface area contributed by atoms with E-state index in [2.05, 4.69) is 83.2 Å². The molecule has 1 heterocycles. The van der Waals surface area contributed by atoms with Crippen molar-refractivity contribution in [3.8, 4) is 0 Å². The van der Waals surface area contributed by atoms with E-state index in [-0.39, 0.29) is 6.04 Å². The molecule has 1 aliphatic rings. The van der Waals surface area contributed by atoms with E-state index in [4.69, 9.17) is 0 Å². The monoisotopic (exact) mass is 401 g/mol. The predicted molar refractivity (Wildman–Crippen MR) is 108 cm³/mol. The zero-order chi connectivity index (χ0) is 17.8. The standard InChI is InChI=1S/C22H28BrNO/c1-16-6-8-20(9-7-16)22(25)17(2)24-12-10-18(11-13-24)14-19-4-3-5-21(23)15-19/h3-9,15,17-18,22,25H,10-14H2,1-2H3. The summed E-state index contributed by atoms with van der Waals surface area (Å²) in [5.41, 5.74) is 3.67. The number of aliphatic hydroxyl groups excluding tert-OH is 1. The SMILES string of the molecule is Cc1ccc(C(O)C(C)N2CCC(Cc3cccc(Br)c3)CC2)cc1. The fourth-order valence-corrected chi connectivity index (χ4v) is 4.25. The Morgan fingerprint density at radius 1 is 1.12 bits per heavy atom. The number of benzene rings is 2. The van der Waals surface area contributed by atoms with Crippen molar-refractivity contribution in [2.45, 2.75) is 45.3 Å². The maximum Gasteiger partial charge on any atom is 0.0942 e. The van der Waals surface area contributed by atoms with Crippen molar-refractivity contribution in [2.24, 2.45) is 5.92 Å². The summed E-state index contributed by atoms with van der Waals surface area (Å²) in [4.78, 5) is 2.45. The summed E-state index contributed by atoms with van der Waals surface area (Å²) in [6, 6.07) is 17.1. The highest BCUT2D eigenvalue weighted by Gasteiger charge is 2.27. The number of nitrogens with zero attached hydrogens (tertiary/aromatic N) is 1. The van der Waals surface area contributed by atoms with Gasteiger partial charge < -0.3 is 5.11 Å². The fraction of sp³-hybridized carbons (Fsp3) is 0.455. The highest BCUT2D eigenvalue weighted by atomic mass is 79.9. The van der Waals surface area contributed by atoms with Crippen molar-refractivity contribution >= 4 is 15.9 Å².